The summed E-state index contributed by atoms with van der Waals surface area (Å²) in [6.45, 7) is 7.60. The Hall–Kier alpha value is -1.67. The number of urea groups is 1. The first kappa shape index (κ1) is 18.4. The van der Waals surface area contributed by atoms with Gasteiger partial charge in [0.2, 0.25) is 11.8 Å². The zero-order valence-corrected chi connectivity index (χ0v) is 13.6. The number of nitrogens with zero attached hydrogens (tertiary/aromatic N) is 2. The lowest BCUT2D eigenvalue weighted by Crippen LogP contribution is -2.50. The molecule has 22 heavy (non-hydrogen) atoms. The molecule has 0 aliphatic carbocycles. The summed E-state index contributed by atoms with van der Waals surface area (Å²) in [4.78, 5) is 38.6. The molecule has 0 bridgehead atoms. The summed E-state index contributed by atoms with van der Waals surface area (Å²) in [7, 11) is 1.69. The van der Waals surface area contributed by atoms with Crippen molar-refractivity contribution in [2.75, 3.05) is 52.9 Å². The van der Waals surface area contributed by atoms with Crippen molar-refractivity contribution < 1.29 is 14.4 Å². The Bertz CT molecular complexity index is 394. The van der Waals surface area contributed by atoms with E-state index >= 15 is 0 Å². The van der Waals surface area contributed by atoms with E-state index in [2.05, 4.69) is 16.0 Å². The van der Waals surface area contributed by atoms with Crippen LogP contribution in [0.3, 0.4) is 0 Å². The molecule has 1 fully saturated rings. The summed E-state index contributed by atoms with van der Waals surface area (Å²) in [6.07, 6.45) is 0. The van der Waals surface area contributed by atoms with Gasteiger partial charge in [-0.15, -0.1) is 0 Å². The summed E-state index contributed by atoms with van der Waals surface area (Å²) in [5.41, 5.74) is 0. The summed E-state index contributed by atoms with van der Waals surface area (Å²) >= 11 is 0. The van der Waals surface area contributed by atoms with E-state index in [4.69, 9.17) is 0 Å². The van der Waals surface area contributed by atoms with Gasteiger partial charge in [0.25, 0.3) is 0 Å². The first-order valence-corrected chi connectivity index (χ1v) is 7.63. The SMILES string of the molecule is CC(C)CNC(=O)NC(=O)CN(C)CC(=O)N1CCNCC1. The smallest absolute Gasteiger partial charge is 0.321 e. The van der Waals surface area contributed by atoms with Crippen molar-refractivity contribution in [1.82, 2.24) is 25.8 Å². The second kappa shape index (κ2) is 9.37. The van der Waals surface area contributed by atoms with Crippen molar-refractivity contribution in [2.45, 2.75) is 13.8 Å². The van der Waals surface area contributed by atoms with Gasteiger partial charge in [0.05, 0.1) is 13.1 Å². The van der Waals surface area contributed by atoms with Crippen molar-refractivity contribution in [1.29, 1.82) is 0 Å². The molecule has 1 aliphatic rings. The van der Waals surface area contributed by atoms with E-state index in [9.17, 15) is 14.4 Å². The highest BCUT2D eigenvalue weighted by atomic mass is 16.2. The number of amides is 4. The van der Waals surface area contributed by atoms with Crippen LogP contribution in [0.15, 0.2) is 0 Å². The van der Waals surface area contributed by atoms with Gasteiger partial charge < -0.3 is 15.5 Å². The van der Waals surface area contributed by atoms with Gasteiger partial charge in [-0.3, -0.25) is 19.8 Å². The van der Waals surface area contributed by atoms with Crippen molar-refractivity contribution in [3.05, 3.63) is 0 Å². The normalized spacial score (nSPS) is 15.0. The van der Waals surface area contributed by atoms with Crippen LogP contribution in [0.2, 0.25) is 0 Å². The number of hydrogen-bond acceptors (Lipinski definition) is 5. The Balaban J connectivity index is 2.25. The molecule has 1 saturated heterocycles. The second-order valence-corrected chi connectivity index (χ2v) is 5.96. The quantitative estimate of drug-likeness (QED) is 0.575. The average molecular weight is 313 g/mol. The predicted octanol–water partition coefficient (Wildman–Crippen LogP) is -1.17. The van der Waals surface area contributed by atoms with E-state index in [1.54, 1.807) is 16.8 Å². The molecule has 8 nitrogen and oxygen atoms in total. The van der Waals surface area contributed by atoms with Gasteiger partial charge in [-0.25, -0.2) is 4.79 Å². The van der Waals surface area contributed by atoms with Crippen molar-refractivity contribution in [2.24, 2.45) is 5.92 Å². The van der Waals surface area contributed by atoms with Crippen molar-refractivity contribution >= 4 is 17.8 Å². The average Bonchev–Trinajstić information content (AvgIpc) is 2.45. The molecule has 0 radical (unpaired) electrons. The number of likely N-dealkylation sites (N-methyl/N-ethyl adjacent to an activating group) is 1. The number of nitrogens with one attached hydrogen (secondary N) is 3. The second-order valence-electron chi connectivity index (χ2n) is 5.96. The Morgan fingerprint density at radius 3 is 2.41 bits per heavy atom. The minimum atomic E-state index is -0.500. The number of piperazine rings is 1. The summed E-state index contributed by atoms with van der Waals surface area (Å²) < 4.78 is 0. The molecule has 0 aromatic heterocycles. The molecule has 1 aliphatic heterocycles. The molecule has 1 rings (SSSR count). The molecule has 0 saturated carbocycles. The summed E-state index contributed by atoms with van der Waals surface area (Å²) in [6, 6.07) is -0.500. The molecule has 4 amide bonds. The Kier molecular flexibility index (Phi) is 7.83. The molecule has 0 aromatic rings. The van der Waals surface area contributed by atoms with E-state index < -0.39 is 11.9 Å². The third kappa shape index (κ3) is 7.37. The van der Waals surface area contributed by atoms with Gasteiger partial charge in [-0.2, -0.15) is 0 Å². The number of carbonyl (C=O) groups excluding carboxylic acids is 3. The van der Waals surface area contributed by atoms with Crippen molar-refractivity contribution in [3.63, 3.8) is 0 Å². The lowest BCUT2D eigenvalue weighted by molar-refractivity contribution is -0.133. The zero-order chi connectivity index (χ0) is 16.5. The van der Waals surface area contributed by atoms with Crippen LogP contribution in [0.4, 0.5) is 4.79 Å². The first-order valence-electron chi connectivity index (χ1n) is 7.63. The Morgan fingerprint density at radius 2 is 1.82 bits per heavy atom. The lowest BCUT2D eigenvalue weighted by atomic mass is 10.2. The highest BCUT2D eigenvalue weighted by molar-refractivity contribution is 5.95. The minimum Gasteiger partial charge on any atom is -0.339 e. The van der Waals surface area contributed by atoms with E-state index in [0.717, 1.165) is 13.1 Å². The standard InChI is InChI=1S/C14H27N5O3/c1-11(2)8-16-14(22)17-12(20)9-18(3)10-13(21)19-6-4-15-5-7-19/h11,15H,4-10H2,1-3H3,(H2,16,17,20,22). The van der Waals surface area contributed by atoms with Crippen LogP contribution in [0.5, 0.6) is 0 Å². The number of hydrogen-bond donors (Lipinski definition) is 3. The highest BCUT2D eigenvalue weighted by Crippen LogP contribution is 1.95. The molecule has 0 aromatic carbocycles. The van der Waals surface area contributed by atoms with Crippen LogP contribution in [0.1, 0.15) is 13.8 Å². The van der Waals surface area contributed by atoms with E-state index in [1.807, 2.05) is 13.8 Å². The first-order chi connectivity index (χ1) is 10.4. The molecule has 126 valence electrons. The maximum absolute atomic E-state index is 12.0. The third-order valence-electron chi connectivity index (χ3n) is 3.21. The summed E-state index contributed by atoms with van der Waals surface area (Å²) in [5.74, 6) is -0.0990. The maximum atomic E-state index is 12.0. The van der Waals surface area contributed by atoms with Gasteiger partial charge in [0, 0.05) is 32.7 Å². The Labute approximate surface area is 131 Å². The van der Waals surface area contributed by atoms with Gasteiger partial charge in [0.1, 0.15) is 0 Å². The zero-order valence-electron chi connectivity index (χ0n) is 13.6. The molecular weight excluding hydrogens is 286 g/mol. The Morgan fingerprint density at radius 1 is 1.18 bits per heavy atom. The van der Waals surface area contributed by atoms with E-state index in [0.29, 0.717) is 25.6 Å². The molecule has 8 heteroatoms. The third-order valence-corrected chi connectivity index (χ3v) is 3.21. The predicted molar refractivity (Wildman–Crippen MR) is 83.3 cm³/mol. The number of rotatable bonds is 6. The fourth-order valence-corrected chi connectivity index (χ4v) is 2.05. The van der Waals surface area contributed by atoms with Crippen LogP contribution in [-0.4, -0.2) is 80.5 Å². The van der Waals surface area contributed by atoms with Gasteiger partial charge in [0.15, 0.2) is 0 Å². The van der Waals surface area contributed by atoms with Crippen LogP contribution < -0.4 is 16.0 Å². The fraction of sp³-hybridized carbons (Fsp3) is 0.786. The van der Waals surface area contributed by atoms with Crippen LogP contribution >= 0.6 is 0 Å². The number of carbonyl (C=O) groups is 3. The molecule has 1 heterocycles. The molecule has 0 atom stereocenters. The molecule has 0 unspecified atom stereocenters. The van der Waals surface area contributed by atoms with Gasteiger partial charge >= 0.3 is 6.03 Å². The topological polar surface area (TPSA) is 93.8 Å². The van der Waals surface area contributed by atoms with Crippen LogP contribution in [-0.2, 0) is 9.59 Å². The lowest BCUT2D eigenvalue weighted by Gasteiger charge is -2.29. The molecular formula is C14H27N5O3. The van der Waals surface area contributed by atoms with E-state index in [-0.39, 0.29) is 19.0 Å². The summed E-state index contributed by atoms with van der Waals surface area (Å²) in [5, 5.41) is 8.04. The highest BCUT2D eigenvalue weighted by Gasteiger charge is 2.19. The van der Waals surface area contributed by atoms with E-state index in [1.165, 1.54) is 0 Å². The van der Waals surface area contributed by atoms with Crippen molar-refractivity contribution in [3.8, 4) is 0 Å². The maximum Gasteiger partial charge on any atom is 0.321 e. The van der Waals surface area contributed by atoms with Gasteiger partial charge in [-0.05, 0) is 13.0 Å². The van der Waals surface area contributed by atoms with Crippen LogP contribution in [0, 0.1) is 5.92 Å². The van der Waals surface area contributed by atoms with Gasteiger partial charge in [-0.1, -0.05) is 13.8 Å². The minimum absolute atomic E-state index is 0.000981. The fourth-order valence-electron chi connectivity index (χ4n) is 2.05. The monoisotopic (exact) mass is 313 g/mol. The number of imide groups is 1. The van der Waals surface area contributed by atoms with Crippen LogP contribution in [0.25, 0.3) is 0 Å². The molecule has 3 N–H and O–H groups in total. The molecule has 0 spiro atoms. The largest absolute Gasteiger partial charge is 0.339 e.